The highest BCUT2D eigenvalue weighted by Crippen LogP contribution is 2.19. The van der Waals surface area contributed by atoms with Gasteiger partial charge in [0.1, 0.15) is 0 Å². The Morgan fingerprint density at radius 3 is 2.42 bits per heavy atom. The van der Waals surface area contributed by atoms with Crippen molar-refractivity contribution in [2.45, 2.75) is 33.0 Å². The van der Waals surface area contributed by atoms with Crippen molar-refractivity contribution >= 4 is 28.9 Å². The second kappa shape index (κ2) is 7.48. The SMILES string of the molecule is CC(C)N(Cc1ccccc1)Cc1cnc(N)s1.Cl. The lowest BCUT2D eigenvalue weighted by Gasteiger charge is -2.25. The average Bonchev–Trinajstić information content (AvgIpc) is 2.75. The van der Waals surface area contributed by atoms with Gasteiger partial charge in [-0.3, -0.25) is 4.90 Å². The molecule has 0 aliphatic heterocycles. The van der Waals surface area contributed by atoms with Crippen LogP contribution in [0.2, 0.25) is 0 Å². The van der Waals surface area contributed by atoms with Crippen molar-refractivity contribution in [3.63, 3.8) is 0 Å². The molecule has 0 saturated carbocycles. The number of halogens is 1. The van der Waals surface area contributed by atoms with Crippen molar-refractivity contribution in [1.82, 2.24) is 9.88 Å². The van der Waals surface area contributed by atoms with Gasteiger partial charge in [0.25, 0.3) is 0 Å². The Balaban J connectivity index is 0.00000180. The summed E-state index contributed by atoms with van der Waals surface area (Å²) in [7, 11) is 0. The molecule has 0 aliphatic rings. The summed E-state index contributed by atoms with van der Waals surface area (Å²) in [5.74, 6) is 0. The number of aromatic nitrogens is 1. The van der Waals surface area contributed by atoms with Crippen LogP contribution in [0.3, 0.4) is 0 Å². The fraction of sp³-hybridized carbons (Fsp3) is 0.357. The first-order valence-electron chi connectivity index (χ1n) is 6.13. The van der Waals surface area contributed by atoms with Crippen LogP contribution in [-0.4, -0.2) is 15.9 Å². The lowest BCUT2D eigenvalue weighted by molar-refractivity contribution is 0.205. The zero-order valence-electron chi connectivity index (χ0n) is 11.2. The summed E-state index contributed by atoms with van der Waals surface area (Å²) < 4.78 is 0. The number of nitrogens with zero attached hydrogens (tertiary/aromatic N) is 2. The highest BCUT2D eigenvalue weighted by atomic mass is 35.5. The molecule has 0 spiro atoms. The summed E-state index contributed by atoms with van der Waals surface area (Å²) in [6.07, 6.45) is 1.88. The Bertz CT molecular complexity index is 484. The normalized spacial score (nSPS) is 10.7. The van der Waals surface area contributed by atoms with Gasteiger partial charge in [-0.25, -0.2) is 4.98 Å². The first-order chi connectivity index (χ1) is 8.65. The molecule has 0 saturated heterocycles. The maximum absolute atomic E-state index is 5.67. The molecule has 0 unspecified atom stereocenters. The minimum Gasteiger partial charge on any atom is -0.375 e. The van der Waals surface area contributed by atoms with Gasteiger partial charge in [-0.15, -0.1) is 23.7 Å². The Labute approximate surface area is 124 Å². The molecule has 0 radical (unpaired) electrons. The molecular formula is C14H20ClN3S. The fourth-order valence-electron chi connectivity index (χ4n) is 1.83. The lowest BCUT2D eigenvalue weighted by Crippen LogP contribution is -2.29. The van der Waals surface area contributed by atoms with Gasteiger partial charge < -0.3 is 5.73 Å². The molecule has 0 bridgehead atoms. The maximum atomic E-state index is 5.67. The van der Waals surface area contributed by atoms with E-state index in [2.05, 4.69) is 48.0 Å². The zero-order chi connectivity index (χ0) is 13.0. The van der Waals surface area contributed by atoms with E-state index >= 15 is 0 Å². The molecule has 5 heteroatoms. The fourth-order valence-corrected chi connectivity index (χ4v) is 2.54. The van der Waals surface area contributed by atoms with Crippen LogP contribution in [0.1, 0.15) is 24.3 Å². The number of anilines is 1. The van der Waals surface area contributed by atoms with Gasteiger partial charge in [0.2, 0.25) is 0 Å². The van der Waals surface area contributed by atoms with E-state index in [0.717, 1.165) is 13.1 Å². The summed E-state index contributed by atoms with van der Waals surface area (Å²) in [4.78, 5) is 7.74. The number of thiazole rings is 1. The minimum atomic E-state index is 0. The van der Waals surface area contributed by atoms with Gasteiger partial charge in [-0.2, -0.15) is 0 Å². The van der Waals surface area contributed by atoms with Crippen molar-refractivity contribution in [3.05, 3.63) is 47.0 Å². The van der Waals surface area contributed by atoms with E-state index in [1.54, 1.807) is 11.3 Å². The molecule has 0 fully saturated rings. The third-order valence-corrected chi connectivity index (χ3v) is 3.70. The molecule has 2 aromatic rings. The van der Waals surface area contributed by atoms with E-state index < -0.39 is 0 Å². The van der Waals surface area contributed by atoms with Crippen molar-refractivity contribution in [2.24, 2.45) is 0 Å². The van der Waals surface area contributed by atoms with Gasteiger partial charge in [0.05, 0.1) is 0 Å². The first kappa shape index (κ1) is 16.0. The predicted octanol–water partition coefficient (Wildman–Crippen LogP) is 3.56. The third-order valence-electron chi connectivity index (χ3n) is 2.89. The molecule has 2 N–H and O–H groups in total. The summed E-state index contributed by atoms with van der Waals surface area (Å²) >= 11 is 1.57. The zero-order valence-corrected chi connectivity index (χ0v) is 12.9. The molecule has 0 aliphatic carbocycles. The Morgan fingerprint density at radius 1 is 1.21 bits per heavy atom. The van der Waals surface area contributed by atoms with Crippen LogP contribution in [0.4, 0.5) is 5.13 Å². The van der Waals surface area contributed by atoms with Crippen molar-refractivity contribution in [2.75, 3.05) is 5.73 Å². The summed E-state index contributed by atoms with van der Waals surface area (Å²) in [5, 5.41) is 0.647. The van der Waals surface area contributed by atoms with E-state index in [0.29, 0.717) is 11.2 Å². The molecule has 3 nitrogen and oxygen atoms in total. The van der Waals surface area contributed by atoms with E-state index in [9.17, 15) is 0 Å². The Hall–Kier alpha value is -1.10. The van der Waals surface area contributed by atoms with E-state index in [1.807, 2.05) is 12.3 Å². The molecule has 0 atom stereocenters. The molecule has 2 rings (SSSR count). The van der Waals surface area contributed by atoms with E-state index in [1.165, 1.54) is 10.4 Å². The van der Waals surface area contributed by atoms with E-state index in [-0.39, 0.29) is 12.4 Å². The van der Waals surface area contributed by atoms with Crippen LogP contribution in [-0.2, 0) is 13.1 Å². The summed E-state index contributed by atoms with van der Waals surface area (Å²) in [6.45, 7) is 6.29. The third kappa shape index (κ3) is 4.82. The lowest BCUT2D eigenvalue weighted by atomic mass is 10.2. The average molecular weight is 298 g/mol. The Kier molecular flexibility index (Phi) is 6.28. The monoisotopic (exact) mass is 297 g/mol. The van der Waals surface area contributed by atoms with Gasteiger partial charge in [-0.05, 0) is 19.4 Å². The molecule has 1 heterocycles. The Morgan fingerprint density at radius 2 is 1.89 bits per heavy atom. The van der Waals surface area contributed by atoms with Crippen LogP contribution < -0.4 is 5.73 Å². The van der Waals surface area contributed by atoms with Crippen molar-refractivity contribution in [1.29, 1.82) is 0 Å². The largest absolute Gasteiger partial charge is 0.375 e. The number of hydrogen-bond donors (Lipinski definition) is 1. The molecule has 104 valence electrons. The minimum absolute atomic E-state index is 0. The summed E-state index contributed by atoms with van der Waals surface area (Å²) in [5.41, 5.74) is 7.01. The number of nitrogen functional groups attached to an aromatic ring is 1. The first-order valence-corrected chi connectivity index (χ1v) is 6.95. The van der Waals surface area contributed by atoms with Crippen molar-refractivity contribution < 1.29 is 0 Å². The highest BCUT2D eigenvalue weighted by molar-refractivity contribution is 7.15. The van der Waals surface area contributed by atoms with Crippen LogP contribution in [0.5, 0.6) is 0 Å². The molecule has 0 amide bonds. The predicted molar refractivity (Wildman–Crippen MR) is 84.6 cm³/mol. The number of rotatable bonds is 5. The van der Waals surface area contributed by atoms with Crippen LogP contribution in [0.15, 0.2) is 36.5 Å². The standard InChI is InChI=1S/C14H19N3S.ClH/c1-11(2)17(9-12-6-4-3-5-7-12)10-13-8-16-14(15)18-13;/h3-8,11H,9-10H2,1-2H3,(H2,15,16);1H. The second-order valence-electron chi connectivity index (χ2n) is 4.65. The molecule has 1 aromatic heterocycles. The van der Waals surface area contributed by atoms with Gasteiger partial charge in [0, 0.05) is 30.2 Å². The molecule has 19 heavy (non-hydrogen) atoms. The smallest absolute Gasteiger partial charge is 0.180 e. The highest BCUT2D eigenvalue weighted by Gasteiger charge is 2.12. The van der Waals surface area contributed by atoms with Gasteiger partial charge >= 0.3 is 0 Å². The maximum Gasteiger partial charge on any atom is 0.180 e. The van der Waals surface area contributed by atoms with Crippen LogP contribution in [0.25, 0.3) is 0 Å². The molecular weight excluding hydrogens is 278 g/mol. The topological polar surface area (TPSA) is 42.2 Å². The molecule has 1 aromatic carbocycles. The second-order valence-corrected chi connectivity index (χ2v) is 5.80. The number of hydrogen-bond acceptors (Lipinski definition) is 4. The van der Waals surface area contributed by atoms with Crippen LogP contribution in [0, 0.1) is 0 Å². The van der Waals surface area contributed by atoms with E-state index in [4.69, 9.17) is 5.73 Å². The van der Waals surface area contributed by atoms with Gasteiger partial charge in [-0.1, -0.05) is 30.3 Å². The van der Waals surface area contributed by atoms with Gasteiger partial charge in [0.15, 0.2) is 5.13 Å². The number of nitrogens with two attached hydrogens (primary N) is 1. The summed E-state index contributed by atoms with van der Waals surface area (Å²) in [6, 6.07) is 11.0. The number of benzene rings is 1. The van der Waals surface area contributed by atoms with Crippen LogP contribution >= 0.6 is 23.7 Å². The quantitative estimate of drug-likeness (QED) is 0.917. The van der Waals surface area contributed by atoms with Crippen molar-refractivity contribution in [3.8, 4) is 0 Å².